The van der Waals surface area contributed by atoms with Crippen LogP contribution < -0.4 is 5.73 Å². The van der Waals surface area contributed by atoms with E-state index in [1.54, 1.807) is 0 Å². The van der Waals surface area contributed by atoms with Crippen LogP contribution in [0, 0.1) is 0 Å². The first-order chi connectivity index (χ1) is 7.72. The molecule has 0 aliphatic carbocycles. The lowest BCUT2D eigenvalue weighted by Gasteiger charge is -2.09. The Morgan fingerprint density at radius 1 is 1.25 bits per heavy atom. The molecule has 0 bridgehead atoms. The van der Waals surface area contributed by atoms with Crippen LogP contribution in [-0.4, -0.2) is 24.4 Å². The second-order valence-electron chi connectivity index (χ2n) is 4.05. The molecule has 0 aliphatic rings. The lowest BCUT2D eigenvalue weighted by atomic mass is 10.1. The van der Waals surface area contributed by atoms with E-state index in [0.717, 1.165) is 12.8 Å². The predicted octanol–water partition coefficient (Wildman–Crippen LogP) is 2.54. The zero-order valence-corrected chi connectivity index (χ0v) is 11.2. The van der Waals surface area contributed by atoms with Gasteiger partial charge >= 0.3 is 5.97 Å². The number of unbranched alkanes of at least 4 members (excludes halogenated alkanes) is 5. The van der Waals surface area contributed by atoms with E-state index in [1.807, 2.05) is 0 Å². The van der Waals surface area contributed by atoms with E-state index in [0.29, 0.717) is 18.8 Å². The first-order valence-corrected chi connectivity index (χ1v) is 6.88. The summed E-state index contributed by atoms with van der Waals surface area (Å²) < 4.78 is 5.07. The molecule has 0 saturated carbocycles. The molecule has 1 atom stereocenters. The van der Waals surface area contributed by atoms with Gasteiger partial charge in [0.15, 0.2) is 0 Å². The summed E-state index contributed by atoms with van der Waals surface area (Å²) in [6, 6.07) is -0.502. The van der Waals surface area contributed by atoms with Crippen LogP contribution in [0.1, 0.15) is 51.9 Å². The van der Waals surface area contributed by atoms with Gasteiger partial charge in [-0.3, -0.25) is 4.79 Å². The molecule has 0 aliphatic heterocycles. The SMILES string of the molecule is CCCCCCCCOC(=O)C(N)CCS. The van der Waals surface area contributed by atoms with Crippen LogP contribution in [0.2, 0.25) is 0 Å². The lowest BCUT2D eigenvalue weighted by molar-refractivity contribution is -0.145. The molecule has 0 aromatic carbocycles. The molecule has 0 rings (SSSR count). The Hall–Kier alpha value is -0.220. The van der Waals surface area contributed by atoms with Crippen molar-refractivity contribution in [2.45, 2.75) is 57.9 Å². The molecule has 0 fully saturated rings. The van der Waals surface area contributed by atoms with Crippen molar-refractivity contribution < 1.29 is 9.53 Å². The molecule has 0 spiro atoms. The molecule has 0 amide bonds. The smallest absolute Gasteiger partial charge is 0.322 e. The van der Waals surface area contributed by atoms with E-state index in [4.69, 9.17) is 10.5 Å². The maximum Gasteiger partial charge on any atom is 0.322 e. The first kappa shape index (κ1) is 15.8. The molecule has 2 N–H and O–H groups in total. The highest BCUT2D eigenvalue weighted by Gasteiger charge is 2.13. The van der Waals surface area contributed by atoms with E-state index in [9.17, 15) is 4.79 Å². The maximum atomic E-state index is 11.3. The van der Waals surface area contributed by atoms with Gasteiger partial charge in [0, 0.05) is 0 Å². The molecular formula is C12H25NO2S. The number of ether oxygens (including phenoxy) is 1. The summed E-state index contributed by atoms with van der Waals surface area (Å²) >= 11 is 4.02. The normalized spacial score (nSPS) is 12.4. The second-order valence-corrected chi connectivity index (χ2v) is 4.50. The molecule has 16 heavy (non-hydrogen) atoms. The molecule has 96 valence electrons. The molecule has 0 heterocycles. The standard InChI is InChI=1S/C12H25NO2S/c1-2-3-4-5-6-7-9-15-12(14)11(13)8-10-16/h11,16H,2-10,13H2,1H3. The summed E-state index contributed by atoms with van der Waals surface area (Å²) in [5.74, 6) is 0.329. The fourth-order valence-corrected chi connectivity index (χ4v) is 1.70. The number of carbonyl (C=O) groups is 1. The second kappa shape index (κ2) is 11.3. The first-order valence-electron chi connectivity index (χ1n) is 6.25. The molecule has 4 heteroatoms. The molecule has 0 radical (unpaired) electrons. The fraction of sp³-hybridized carbons (Fsp3) is 0.917. The van der Waals surface area contributed by atoms with Gasteiger partial charge in [-0.1, -0.05) is 39.0 Å². The Kier molecular flexibility index (Phi) is 11.1. The Morgan fingerprint density at radius 3 is 2.50 bits per heavy atom. The van der Waals surface area contributed by atoms with Gasteiger partial charge in [-0.2, -0.15) is 12.6 Å². The topological polar surface area (TPSA) is 52.3 Å². The Morgan fingerprint density at radius 2 is 1.88 bits per heavy atom. The van der Waals surface area contributed by atoms with E-state index in [2.05, 4.69) is 19.6 Å². The zero-order valence-electron chi connectivity index (χ0n) is 10.3. The lowest BCUT2D eigenvalue weighted by Crippen LogP contribution is -2.32. The molecule has 0 aromatic rings. The molecule has 3 nitrogen and oxygen atoms in total. The summed E-state index contributed by atoms with van der Waals surface area (Å²) in [5.41, 5.74) is 5.58. The Bertz CT molecular complexity index is 176. The van der Waals surface area contributed by atoms with Gasteiger partial charge in [0.05, 0.1) is 6.61 Å². The Balaban J connectivity index is 3.27. The minimum atomic E-state index is -0.502. The van der Waals surface area contributed by atoms with Crippen molar-refractivity contribution in [2.75, 3.05) is 12.4 Å². The number of hydrogen-bond acceptors (Lipinski definition) is 4. The van der Waals surface area contributed by atoms with Crippen LogP contribution in [-0.2, 0) is 9.53 Å². The van der Waals surface area contributed by atoms with Gasteiger partial charge in [-0.25, -0.2) is 0 Å². The van der Waals surface area contributed by atoms with Gasteiger partial charge in [-0.15, -0.1) is 0 Å². The highest BCUT2D eigenvalue weighted by Crippen LogP contribution is 2.05. The molecule has 1 unspecified atom stereocenters. The summed E-state index contributed by atoms with van der Waals surface area (Å²) in [6.45, 7) is 2.70. The highest BCUT2D eigenvalue weighted by atomic mass is 32.1. The number of carbonyl (C=O) groups excluding carboxylic acids is 1. The van der Waals surface area contributed by atoms with Crippen LogP contribution in [0.4, 0.5) is 0 Å². The third-order valence-electron chi connectivity index (χ3n) is 2.49. The number of thiol groups is 1. The van der Waals surface area contributed by atoms with Crippen molar-refractivity contribution in [3.8, 4) is 0 Å². The van der Waals surface area contributed by atoms with Crippen LogP contribution in [0.3, 0.4) is 0 Å². The average Bonchev–Trinajstić information content (AvgIpc) is 2.28. The van der Waals surface area contributed by atoms with Gasteiger partial charge in [0.1, 0.15) is 6.04 Å². The number of esters is 1. The monoisotopic (exact) mass is 247 g/mol. The summed E-state index contributed by atoms with van der Waals surface area (Å²) in [5, 5.41) is 0. The van der Waals surface area contributed by atoms with Gasteiger partial charge in [0.25, 0.3) is 0 Å². The summed E-state index contributed by atoms with van der Waals surface area (Å²) in [6.07, 6.45) is 7.73. The van der Waals surface area contributed by atoms with Crippen molar-refractivity contribution in [1.29, 1.82) is 0 Å². The minimum absolute atomic E-state index is 0.289. The third kappa shape index (κ3) is 9.04. The van der Waals surface area contributed by atoms with Gasteiger partial charge in [0.2, 0.25) is 0 Å². The fourth-order valence-electron chi connectivity index (χ4n) is 1.42. The van der Waals surface area contributed by atoms with Crippen molar-refractivity contribution >= 4 is 18.6 Å². The predicted molar refractivity (Wildman–Crippen MR) is 70.8 cm³/mol. The minimum Gasteiger partial charge on any atom is -0.465 e. The van der Waals surface area contributed by atoms with E-state index in [-0.39, 0.29) is 5.97 Å². The molecular weight excluding hydrogens is 222 g/mol. The van der Waals surface area contributed by atoms with Crippen LogP contribution in [0.25, 0.3) is 0 Å². The van der Waals surface area contributed by atoms with E-state index >= 15 is 0 Å². The van der Waals surface area contributed by atoms with Gasteiger partial charge < -0.3 is 10.5 Å². The summed E-state index contributed by atoms with van der Waals surface area (Å²) in [4.78, 5) is 11.3. The van der Waals surface area contributed by atoms with Crippen molar-refractivity contribution in [3.05, 3.63) is 0 Å². The summed E-state index contributed by atoms with van der Waals surface area (Å²) in [7, 11) is 0. The van der Waals surface area contributed by atoms with Crippen LogP contribution in [0.5, 0.6) is 0 Å². The molecule has 0 aromatic heterocycles. The largest absolute Gasteiger partial charge is 0.465 e. The van der Waals surface area contributed by atoms with Crippen molar-refractivity contribution in [1.82, 2.24) is 0 Å². The number of rotatable bonds is 10. The van der Waals surface area contributed by atoms with Gasteiger partial charge in [-0.05, 0) is 18.6 Å². The third-order valence-corrected chi connectivity index (χ3v) is 2.74. The maximum absolute atomic E-state index is 11.3. The Labute approximate surface area is 105 Å². The highest BCUT2D eigenvalue weighted by molar-refractivity contribution is 7.80. The zero-order chi connectivity index (χ0) is 12.2. The quantitative estimate of drug-likeness (QED) is 0.354. The van der Waals surface area contributed by atoms with Crippen molar-refractivity contribution in [3.63, 3.8) is 0 Å². The van der Waals surface area contributed by atoms with E-state index < -0.39 is 6.04 Å². The number of hydrogen-bond donors (Lipinski definition) is 2. The van der Waals surface area contributed by atoms with Crippen LogP contribution in [0.15, 0.2) is 0 Å². The number of nitrogens with two attached hydrogens (primary N) is 1. The molecule has 0 saturated heterocycles. The van der Waals surface area contributed by atoms with Crippen LogP contribution >= 0.6 is 12.6 Å². The average molecular weight is 247 g/mol. The van der Waals surface area contributed by atoms with E-state index in [1.165, 1.54) is 25.7 Å². The van der Waals surface area contributed by atoms with Crippen molar-refractivity contribution in [2.24, 2.45) is 5.73 Å².